The average molecular weight is 613 g/mol. The monoisotopic (exact) mass is 612 g/mol. The lowest BCUT2D eigenvalue weighted by atomic mass is 10.1. The Hall–Kier alpha value is -4.53. The van der Waals surface area contributed by atoms with E-state index in [1.807, 2.05) is 81.4 Å². The van der Waals surface area contributed by atoms with Crippen molar-refractivity contribution in [3.63, 3.8) is 0 Å². The molecule has 3 amide bonds. The maximum Gasteiger partial charge on any atom is 0.272 e. The summed E-state index contributed by atoms with van der Waals surface area (Å²) >= 11 is 7.47. The second kappa shape index (κ2) is 14.6. The Balaban J connectivity index is 1.45. The number of nitrogens with zero attached hydrogens (tertiary/aromatic N) is 1. The maximum absolute atomic E-state index is 13.4. The van der Waals surface area contributed by atoms with Crippen molar-refractivity contribution in [2.45, 2.75) is 24.0 Å². The van der Waals surface area contributed by atoms with Gasteiger partial charge in [-0.05, 0) is 91.7 Å². The number of carbonyl (C=O) groups excluding carboxylic acids is 3. The summed E-state index contributed by atoms with van der Waals surface area (Å²) in [5.41, 5.74) is 4.47. The molecule has 3 N–H and O–H groups in total. The van der Waals surface area contributed by atoms with E-state index in [1.165, 1.54) is 11.8 Å². The molecule has 0 saturated heterocycles. The lowest BCUT2D eigenvalue weighted by molar-refractivity contribution is -0.115. The number of nitrogens with one attached hydrogen (secondary N) is 3. The maximum atomic E-state index is 13.4. The Kier molecular flexibility index (Phi) is 10.6. The molecule has 0 saturated carbocycles. The molecule has 1 atom stereocenters. The van der Waals surface area contributed by atoms with Crippen LogP contribution in [0.3, 0.4) is 0 Å². The number of hydrogen-bond donors (Lipinski definition) is 3. The molecule has 4 aromatic carbocycles. The van der Waals surface area contributed by atoms with Crippen molar-refractivity contribution >= 4 is 64.2 Å². The molecular weight excluding hydrogens is 580 g/mol. The van der Waals surface area contributed by atoms with E-state index >= 15 is 0 Å². The Morgan fingerprint density at radius 3 is 2.19 bits per heavy atom. The third-order valence-electron chi connectivity index (χ3n) is 6.50. The second-order valence-corrected chi connectivity index (χ2v) is 11.9. The van der Waals surface area contributed by atoms with Crippen LogP contribution < -0.4 is 20.9 Å². The van der Waals surface area contributed by atoms with Crippen molar-refractivity contribution in [3.05, 3.63) is 124 Å². The lowest BCUT2D eigenvalue weighted by Crippen LogP contribution is -2.30. The molecule has 0 aliphatic rings. The number of thioether (sulfide) groups is 1. The summed E-state index contributed by atoms with van der Waals surface area (Å²) < 4.78 is 0. The van der Waals surface area contributed by atoms with Gasteiger partial charge in [0.05, 0.1) is 5.25 Å². The van der Waals surface area contributed by atoms with Gasteiger partial charge in [0, 0.05) is 46.6 Å². The molecule has 0 aliphatic carbocycles. The van der Waals surface area contributed by atoms with Gasteiger partial charge in [-0.2, -0.15) is 0 Å². The van der Waals surface area contributed by atoms with Crippen molar-refractivity contribution in [1.82, 2.24) is 5.32 Å². The zero-order valence-corrected chi connectivity index (χ0v) is 25.9. The van der Waals surface area contributed by atoms with Crippen LogP contribution in [0.5, 0.6) is 0 Å². The van der Waals surface area contributed by atoms with Crippen LogP contribution in [-0.4, -0.2) is 37.1 Å². The first kappa shape index (κ1) is 31.4. The first-order valence-corrected chi connectivity index (χ1v) is 14.9. The molecule has 7 nitrogen and oxygen atoms in total. The molecule has 0 bridgehead atoms. The number of hydrogen-bond acceptors (Lipinski definition) is 5. The number of aryl methyl sites for hydroxylation is 1. The number of anilines is 3. The molecular formula is C34H33ClN4O3S. The standard InChI is InChI=1S/C34H33ClN4O3S/c1-22-10-13-26(35)21-30(22)37-32(40)23(2)43-29-18-14-27(15-19-29)36-34(42)31(38-33(41)25-8-6-5-7-9-25)20-24-11-16-28(17-12-24)39(3)4/h5-21,23H,1-4H3,(H,36,42)(H,37,40)(H,38,41)/b31-20-. The quantitative estimate of drug-likeness (QED) is 0.130. The summed E-state index contributed by atoms with van der Waals surface area (Å²) in [6.07, 6.45) is 1.64. The van der Waals surface area contributed by atoms with Crippen LogP contribution in [0.25, 0.3) is 6.08 Å². The Bertz CT molecular complexity index is 1620. The minimum atomic E-state index is -0.467. The molecule has 0 heterocycles. The van der Waals surface area contributed by atoms with Gasteiger partial charge in [-0.15, -0.1) is 11.8 Å². The molecule has 220 valence electrons. The molecule has 9 heteroatoms. The fourth-order valence-electron chi connectivity index (χ4n) is 4.01. The molecule has 4 rings (SSSR count). The summed E-state index contributed by atoms with van der Waals surface area (Å²) in [4.78, 5) is 41.9. The van der Waals surface area contributed by atoms with Crippen LogP contribution in [0.2, 0.25) is 5.02 Å². The third-order valence-corrected chi connectivity index (χ3v) is 7.85. The van der Waals surface area contributed by atoms with Gasteiger partial charge in [-0.25, -0.2) is 0 Å². The highest BCUT2D eigenvalue weighted by Crippen LogP contribution is 2.27. The van der Waals surface area contributed by atoms with Crippen molar-refractivity contribution in [3.8, 4) is 0 Å². The number of carbonyl (C=O) groups is 3. The summed E-state index contributed by atoms with van der Waals surface area (Å²) in [7, 11) is 3.90. The van der Waals surface area contributed by atoms with E-state index in [1.54, 1.807) is 54.6 Å². The van der Waals surface area contributed by atoms with Crippen molar-refractivity contribution in [2.75, 3.05) is 29.6 Å². The molecule has 4 aromatic rings. The highest BCUT2D eigenvalue weighted by atomic mass is 35.5. The highest BCUT2D eigenvalue weighted by Gasteiger charge is 2.17. The molecule has 0 fully saturated rings. The van der Waals surface area contributed by atoms with Crippen LogP contribution in [-0.2, 0) is 9.59 Å². The van der Waals surface area contributed by atoms with Crippen LogP contribution in [0.1, 0.15) is 28.4 Å². The Morgan fingerprint density at radius 1 is 0.860 bits per heavy atom. The molecule has 0 aromatic heterocycles. The van der Waals surface area contributed by atoms with Gasteiger partial charge in [-0.1, -0.05) is 48.0 Å². The van der Waals surface area contributed by atoms with Crippen LogP contribution >= 0.6 is 23.4 Å². The number of halogens is 1. The Labute approximate surface area is 261 Å². The number of rotatable bonds is 10. The Morgan fingerprint density at radius 2 is 1.53 bits per heavy atom. The van der Waals surface area contributed by atoms with E-state index < -0.39 is 5.91 Å². The van der Waals surface area contributed by atoms with E-state index in [-0.39, 0.29) is 22.8 Å². The van der Waals surface area contributed by atoms with Gasteiger partial charge in [0.2, 0.25) is 5.91 Å². The topological polar surface area (TPSA) is 90.5 Å². The molecule has 0 spiro atoms. The molecule has 43 heavy (non-hydrogen) atoms. The zero-order valence-electron chi connectivity index (χ0n) is 24.4. The van der Waals surface area contributed by atoms with Gasteiger partial charge in [0.15, 0.2) is 0 Å². The first-order valence-electron chi connectivity index (χ1n) is 13.6. The summed E-state index contributed by atoms with van der Waals surface area (Å²) in [6, 6.07) is 28.9. The fourth-order valence-corrected chi connectivity index (χ4v) is 5.05. The van der Waals surface area contributed by atoms with E-state index in [0.717, 1.165) is 21.7 Å². The highest BCUT2D eigenvalue weighted by molar-refractivity contribution is 8.00. The predicted octanol–water partition coefficient (Wildman–Crippen LogP) is 7.24. The molecule has 1 unspecified atom stereocenters. The lowest BCUT2D eigenvalue weighted by Gasteiger charge is -2.15. The van der Waals surface area contributed by atoms with Crippen LogP contribution in [0.4, 0.5) is 17.1 Å². The smallest absolute Gasteiger partial charge is 0.272 e. The first-order chi connectivity index (χ1) is 20.6. The predicted molar refractivity (Wildman–Crippen MR) is 178 cm³/mol. The van der Waals surface area contributed by atoms with E-state index in [9.17, 15) is 14.4 Å². The van der Waals surface area contributed by atoms with Gasteiger partial charge in [0.1, 0.15) is 5.70 Å². The van der Waals surface area contributed by atoms with Crippen molar-refractivity contribution < 1.29 is 14.4 Å². The second-order valence-electron chi connectivity index (χ2n) is 10.1. The normalized spacial score (nSPS) is 11.8. The van der Waals surface area contributed by atoms with E-state index in [0.29, 0.717) is 22.0 Å². The minimum Gasteiger partial charge on any atom is -0.378 e. The van der Waals surface area contributed by atoms with E-state index in [4.69, 9.17) is 11.6 Å². The average Bonchev–Trinajstić information content (AvgIpc) is 3.00. The molecule has 0 aliphatic heterocycles. The van der Waals surface area contributed by atoms with Crippen molar-refractivity contribution in [2.24, 2.45) is 0 Å². The van der Waals surface area contributed by atoms with E-state index in [2.05, 4.69) is 16.0 Å². The fraction of sp³-hybridized carbons (Fsp3) is 0.147. The van der Waals surface area contributed by atoms with Gasteiger partial charge < -0.3 is 20.9 Å². The summed E-state index contributed by atoms with van der Waals surface area (Å²) in [6.45, 7) is 3.73. The summed E-state index contributed by atoms with van der Waals surface area (Å²) in [5, 5.41) is 8.74. The number of amides is 3. The third kappa shape index (κ3) is 8.98. The largest absolute Gasteiger partial charge is 0.378 e. The minimum absolute atomic E-state index is 0.103. The number of benzene rings is 4. The molecule has 0 radical (unpaired) electrons. The van der Waals surface area contributed by atoms with Crippen molar-refractivity contribution in [1.29, 1.82) is 0 Å². The van der Waals surface area contributed by atoms with Crippen LogP contribution in [0.15, 0.2) is 108 Å². The SMILES string of the molecule is Cc1ccc(Cl)cc1NC(=O)C(C)Sc1ccc(NC(=O)/C(=C/c2ccc(N(C)C)cc2)NC(=O)c2ccccc2)cc1. The zero-order chi connectivity index (χ0) is 30.9. The van der Waals surface area contributed by atoms with Gasteiger partial charge in [-0.3, -0.25) is 14.4 Å². The summed E-state index contributed by atoms with van der Waals surface area (Å²) in [5.74, 6) is -1.000. The van der Waals surface area contributed by atoms with Gasteiger partial charge >= 0.3 is 0 Å². The van der Waals surface area contributed by atoms with Crippen LogP contribution in [0, 0.1) is 6.92 Å². The van der Waals surface area contributed by atoms with Gasteiger partial charge in [0.25, 0.3) is 11.8 Å².